The zero-order chi connectivity index (χ0) is 21.5. The maximum absolute atomic E-state index is 13.0. The fourth-order valence-electron chi connectivity index (χ4n) is 3.54. The van der Waals surface area contributed by atoms with Gasteiger partial charge in [0.05, 0.1) is 23.0 Å². The number of thiophene rings is 1. The quantitative estimate of drug-likeness (QED) is 0.337. The molecule has 0 aliphatic heterocycles. The van der Waals surface area contributed by atoms with E-state index in [9.17, 15) is 14.7 Å². The van der Waals surface area contributed by atoms with Gasteiger partial charge in [0.1, 0.15) is 5.75 Å². The molecule has 0 aliphatic carbocycles. The van der Waals surface area contributed by atoms with Crippen molar-refractivity contribution < 1.29 is 14.7 Å². The number of rotatable bonds is 4. The first kappa shape index (κ1) is 18.8. The van der Waals surface area contributed by atoms with Crippen LogP contribution in [0.25, 0.3) is 31.4 Å². The second-order valence-electron chi connectivity index (χ2n) is 7.05. The summed E-state index contributed by atoms with van der Waals surface area (Å²) in [6.45, 7) is 0. The average Bonchev–Trinajstić information content (AvgIpc) is 3.39. The summed E-state index contributed by atoms with van der Waals surface area (Å²) in [5.74, 6) is -1.22. The molecule has 0 saturated carbocycles. The van der Waals surface area contributed by atoms with Crippen molar-refractivity contribution in [1.29, 1.82) is 0 Å². The molecular weight excluding hydrogens is 412 g/mol. The first-order valence-corrected chi connectivity index (χ1v) is 10.2. The highest BCUT2D eigenvalue weighted by Crippen LogP contribution is 2.37. The third-order valence-electron chi connectivity index (χ3n) is 5.02. The molecule has 0 atom stereocenters. The number of phenolic OH excluding ortho intramolecular Hbond substituents is 1. The molecule has 2 amide bonds. The Balaban J connectivity index is 1.59. The van der Waals surface area contributed by atoms with Crippen molar-refractivity contribution in [3.05, 3.63) is 78.0 Å². The van der Waals surface area contributed by atoms with Crippen LogP contribution in [0, 0.1) is 0 Å². The van der Waals surface area contributed by atoms with Crippen molar-refractivity contribution >= 4 is 49.8 Å². The van der Waals surface area contributed by atoms with Crippen LogP contribution < -0.4 is 11.1 Å². The maximum atomic E-state index is 13.0. The number of carbonyl (C=O) groups is 2. The summed E-state index contributed by atoms with van der Waals surface area (Å²) in [7, 11) is 0. The molecule has 31 heavy (non-hydrogen) atoms. The van der Waals surface area contributed by atoms with E-state index in [4.69, 9.17) is 5.73 Å². The highest BCUT2D eigenvalue weighted by atomic mass is 32.1. The van der Waals surface area contributed by atoms with Crippen LogP contribution in [0.1, 0.15) is 20.7 Å². The zero-order valence-electron chi connectivity index (χ0n) is 16.0. The summed E-state index contributed by atoms with van der Waals surface area (Å²) in [4.78, 5) is 25.7. The summed E-state index contributed by atoms with van der Waals surface area (Å²) >= 11 is 1.63. The second-order valence-corrected chi connectivity index (χ2v) is 8.14. The van der Waals surface area contributed by atoms with Crippen molar-refractivity contribution in [3.8, 4) is 16.2 Å². The summed E-state index contributed by atoms with van der Waals surface area (Å²) in [6.07, 6.45) is 1.66. The first-order valence-electron chi connectivity index (χ1n) is 9.40. The molecule has 8 heteroatoms. The molecule has 3 aromatic carbocycles. The van der Waals surface area contributed by atoms with E-state index in [-0.39, 0.29) is 17.0 Å². The number of aromatic nitrogens is 2. The average molecular weight is 428 g/mol. The van der Waals surface area contributed by atoms with Crippen LogP contribution >= 0.6 is 11.3 Å². The van der Waals surface area contributed by atoms with Crippen LogP contribution in [0.15, 0.2) is 66.9 Å². The topological polar surface area (TPSA) is 121 Å². The molecule has 5 aromatic rings. The molecule has 152 valence electrons. The predicted octanol–water partition coefficient (Wildman–Crippen LogP) is 4.50. The van der Waals surface area contributed by atoms with Gasteiger partial charge in [0, 0.05) is 32.2 Å². The molecule has 5 N–H and O–H groups in total. The zero-order valence-corrected chi connectivity index (χ0v) is 16.9. The Bertz CT molecular complexity index is 1450. The Morgan fingerprint density at radius 1 is 1.03 bits per heavy atom. The van der Waals surface area contributed by atoms with Crippen molar-refractivity contribution in [3.63, 3.8) is 0 Å². The molecule has 0 aliphatic rings. The fraction of sp³-hybridized carbons (Fsp3) is 0. The number of H-pyrrole nitrogens is 1. The van der Waals surface area contributed by atoms with Crippen LogP contribution in [0.2, 0.25) is 0 Å². The number of amides is 2. The van der Waals surface area contributed by atoms with E-state index >= 15 is 0 Å². The molecule has 0 radical (unpaired) electrons. The molecule has 7 nitrogen and oxygen atoms in total. The fourth-order valence-corrected chi connectivity index (χ4v) is 4.63. The Morgan fingerprint density at radius 3 is 2.68 bits per heavy atom. The van der Waals surface area contributed by atoms with Crippen LogP contribution in [-0.4, -0.2) is 27.1 Å². The summed E-state index contributed by atoms with van der Waals surface area (Å²) in [6, 6.07) is 17.7. The molecule has 0 unspecified atom stereocenters. The van der Waals surface area contributed by atoms with E-state index in [0.717, 1.165) is 31.4 Å². The predicted molar refractivity (Wildman–Crippen MR) is 121 cm³/mol. The van der Waals surface area contributed by atoms with Crippen molar-refractivity contribution in [2.45, 2.75) is 0 Å². The van der Waals surface area contributed by atoms with Gasteiger partial charge in [-0.05, 0) is 41.8 Å². The van der Waals surface area contributed by atoms with E-state index in [0.29, 0.717) is 5.56 Å². The largest absolute Gasteiger partial charge is 0.508 e. The van der Waals surface area contributed by atoms with Gasteiger partial charge < -0.3 is 16.2 Å². The third kappa shape index (κ3) is 3.38. The summed E-state index contributed by atoms with van der Waals surface area (Å²) in [5.41, 5.74) is 7.73. The molecule has 0 saturated heterocycles. The minimum atomic E-state index is -0.702. The first-order chi connectivity index (χ1) is 15.0. The van der Waals surface area contributed by atoms with Crippen LogP contribution in [0.3, 0.4) is 0 Å². The number of nitrogens with two attached hydrogens (primary N) is 1. The Hall–Kier alpha value is -4.17. The van der Waals surface area contributed by atoms with Crippen LogP contribution in [-0.2, 0) is 0 Å². The third-order valence-corrected chi connectivity index (χ3v) is 6.17. The lowest BCUT2D eigenvalue weighted by molar-refractivity contribution is 0.100. The SMILES string of the molecule is NC(=O)c1ccc(O)cc1NC(=O)c1cc(-c2cc3ccccc3s2)c2[nH]ncc2c1. The number of aromatic amines is 1. The molecule has 5 rings (SSSR count). The maximum Gasteiger partial charge on any atom is 0.255 e. The monoisotopic (exact) mass is 428 g/mol. The minimum Gasteiger partial charge on any atom is -0.508 e. The highest BCUT2D eigenvalue weighted by molar-refractivity contribution is 7.22. The van der Waals surface area contributed by atoms with Gasteiger partial charge in [-0.2, -0.15) is 5.10 Å². The molecule has 2 heterocycles. The van der Waals surface area contributed by atoms with Gasteiger partial charge in [0.25, 0.3) is 11.8 Å². The standard InChI is InChI=1S/C23H16N4O3S/c24-22(29)16-6-5-15(28)10-18(16)26-23(30)13-7-14-11-25-27-21(14)17(8-13)20-9-12-3-1-2-4-19(12)31-20/h1-11,28H,(H2,24,29)(H,25,27)(H,26,30). The normalized spacial score (nSPS) is 11.1. The lowest BCUT2D eigenvalue weighted by atomic mass is 10.0. The van der Waals surface area contributed by atoms with Gasteiger partial charge in [-0.3, -0.25) is 14.7 Å². The number of primary amides is 1. The van der Waals surface area contributed by atoms with Gasteiger partial charge in [-0.15, -0.1) is 11.3 Å². The van der Waals surface area contributed by atoms with E-state index in [1.807, 2.05) is 18.2 Å². The van der Waals surface area contributed by atoms with Crippen molar-refractivity contribution in [1.82, 2.24) is 10.2 Å². The number of phenols is 1. The number of nitrogens with zero attached hydrogens (tertiary/aromatic N) is 1. The Labute approximate surface area is 180 Å². The summed E-state index contributed by atoms with van der Waals surface area (Å²) in [5, 5.41) is 21.5. The van der Waals surface area contributed by atoms with Gasteiger partial charge in [-0.1, -0.05) is 18.2 Å². The van der Waals surface area contributed by atoms with E-state index in [1.165, 1.54) is 18.2 Å². The number of fused-ring (bicyclic) bond motifs is 2. The number of aromatic hydroxyl groups is 1. The molecule has 2 aromatic heterocycles. The second kappa shape index (κ2) is 7.26. The minimum absolute atomic E-state index is 0.0865. The van der Waals surface area contributed by atoms with E-state index < -0.39 is 11.8 Å². The number of hydrogen-bond acceptors (Lipinski definition) is 5. The van der Waals surface area contributed by atoms with Crippen molar-refractivity contribution in [2.75, 3.05) is 5.32 Å². The number of carbonyl (C=O) groups excluding carboxylic acids is 2. The van der Waals surface area contributed by atoms with Gasteiger partial charge in [0.15, 0.2) is 0 Å². The lowest BCUT2D eigenvalue weighted by Gasteiger charge is -2.11. The summed E-state index contributed by atoms with van der Waals surface area (Å²) < 4.78 is 1.14. The Kier molecular flexibility index (Phi) is 4.41. The van der Waals surface area contributed by atoms with Gasteiger partial charge >= 0.3 is 0 Å². The molecule has 0 bridgehead atoms. The highest BCUT2D eigenvalue weighted by Gasteiger charge is 2.17. The Morgan fingerprint density at radius 2 is 1.87 bits per heavy atom. The van der Waals surface area contributed by atoms with Crippen LogP contribution in [0.4, 0.5) is 5.69 Å². The number of anilines is 1. The molecule has 0 spiro atoms. The van der Waals surface area contributed by atoms with E-state index in [2.05, 4.69) is 27.6 Å². The van der Waals surface area contributed by atoms with E-state index in [1.54, 1.807) is 29.7 Å². The number of benzene rings is 3. The van der Waals surface area contributed by atoms with Gasteiger partial charge in [-0.25, -0.2) is 0 Å². The van der Waals surface area contributed by atoms with Gasteiger partial charge in [0.2, 0.25) is 0 Å². The molecule has 0 fully saturated rings. The number of nitrogens with one attached hydrogen (secondary N) is 2. The smallest absolute Gasteiger partial charge is 0.255 e. The number of hydrogen-bond donors (Lipinski definition) is 4. The molecular formula is C23H16N4O3S. The lowest BCUT2D eigenvalue weighted by Crippen LogP contribution is -2.18. The van der Waals surface area contributed by atoms with Crippen molar-refractivity contribution in [2.24, 2.45) is 5.73 Å². The van der Waals surface area contributed by atoms with Crippen LogP contribution in [0.5, 0.6) is 5.75 Å².